The summed E-state index contributed by atoms with van der Waals surface area (Å²) < 4.78 is 75.1. The minimum atomic E-state index is -4.90. The highest BCUT2D eigenvalue weighted by Crippen LogP contribution is 2.35. The molecule has 1 atom stereocenters. The van der Waals surface area contributed by atoms with Crippen LogP contribution in [0.3, 0.4) is 0 Å². The zero-order valence-electron chi connectivity index (χ0n) is 18.6. The summed E-state index contributed by atoms with van der Waals surface area (Å²) in [5, 5.41) is 14.8. The van der Waals surface area contributed by atoms with E-state index < -0.39 is 76.0 Å². The molecule has 1 aliphatic rings. The van der Waals surface area contributed by atoms with Crippen LogP contribution < -0.4 is 15.7 Å². The molecule has 1 amide bonds. The highest BCUT2D eigenvalue weighted by atomic mass is 35.5. The number of alkyl halides is 3. The number of nitrogens with zero attached hydrogens (tertiary/aromatic N) is 3. The van der Waals surface area contributed by atoms with Crippen molar-refractivity contribution in [2.75, 3.05) is 5.32 Å². The number of carboxylic acids is 1. The Morgan fingerprint density at radius 1 is 1.22 bits per heavy atom. The third-order valence-corrected chi connectivity index (χ3v) is 5.72. The Balaban J connectivity index is 1.84. The van der Waals surface area contributed by atoms with Crippen LogP contribution in [0.5, 0.6) is 5.75 Å². The van der Waals surface area contributed by atoms with E-state index >= 15 is 4.39 Å². The van der Waals surface area contributed by atoms with Crippen molar-refractivity contribution in [3.05, 3.63) is 68.9 Å². The summed E-state index contributed by atoms with van der Waals surface area (Å²) in [6.45, 7) is 0.620. The van der Waals surface area contributed by atoms with E-state index in [0.717, 1.165) is 10.6 Å². The van der Waals surface area contributed by atoms with Gasteiger partial charge in [-0.3, -0.25) is 9.36 Å². The molecule has 196 valence electrons. The molecule has 4 rings (SSSR count). The van der Waals surface area contributed by atoms with Gasteiger partial charge >= 0.3 is 17.8 Å². The van der Waals surface area contributed by atoms with Crippen molar-refractivity contribution in [1.29, 1.82) is 0 Å². The quantitative estimate of drug-likeness (QED) is 0.419. The second kappa shape index (κ2) is 9.50. The van der Waals surface area contributed by atoms with Crippen molar-refractivity contribution in [2.24, 2.45) is 0 Å². The molecule has 37 heavy (non-hydrogen) atoms. The molecule has 3 aromatic rings. The average molecular weight is 547 g/mol. The van der Waals surface area contributed by atoms with Gasteiger partial charge in [-0.1, -0.05) is 17.7 Å². The second-order valence-corrected chi connectivity index (χ2v) is 8.48. The largest absolute Gasteiger partial charge is 0.480 e. The van der Waals surface area contributed by atoms with Crippen LogP contribution in [0.25, 0.3) is 5.69 Å². The minimum absolute atomic E-state index is 0.241. The molecule has 0 saturated heterocycles. The molecule has 15 heteroatoms. The van der Waals surface area contributed by atoms with E-state index in [1.165, 1.54) is 12.1 Å². The number of para-hydroxylation sites is 1. The molecule has 2 N–H and O–H groups in total. The molecule has 1 heterocycles. The van der Waals surface area contributed by atoms with Crippen LogP contribution in [0.2, 0.25) is 5.02 Å². The number of nitrogens with one attached hydrogen (secondary N) is 1. The van der Waals surface area contributed by atoms with E-state index in [0.29, 0.717) is 36.6 Å². The third-order valence-electron chi connectivity index (χ3n) is 5.40. The maximum absolute atomic E-state index is 15.2. The number of hydrogen-bond acceptors (Lipinski definition) is 5. The first-order valence-electron chi connectivity index (χ1n) is 10.6. The average Bonchev–Trinajstić information content (AvgIpc) is 3.58. The monoisotopic (exact) mass is 546 g/mol. The number of anilines is 1. The predicted octanol–water partition coefficient (Wildman–Crippen LogP) is 4.58. The van der Waals surface area contributed by atoms with Gasteiger partial charge in [-0.25, -0.2) is 18.4 Å². The van der Waals surface area contributed by atoms with Gasteiger partial charge in [-0.05, 0) is 38.0 Å². The Morgan fingerprint density at radius 2 is 1.89 bits per heavy atom. The van der Waals surface area contributed by atoms with Gasteiger partial charge in [0, 0.05) is 12.1 Å². The van der Waals surface area contributed by atoms with Gasteiger partial charge in [0.25, 0.3) is 5.91 Å². The molecule has 1 aromatic heterocycles. The fourth-order valence-electron chi connectivity index (χ4n) is 3.38. The molecule has 0 spiro atoms. The molecule has 1 unspecified atom stereocenters. The number of carbonyl (C=O) groups is 2. The van der Waals surface area contributed by atoms with Crippen LogP contribution in [0, 0.1) is 11.6 Å². The summed E-state index contributed by atoms with van der Waals surface area (Å²) in [6, 6.07) is 4.01. The van der Waals surface area contributed by atoms with Crippen LogP contribution in [-0.4, -0.2) is 43.6 Å². The molecular weight excluding hydrogens is 531 g/mol. The number of halogens is 6. The Bertz CT molecular complexity index is 1440. The highest BCUT2D eigenvalue weighted by Gasteiger charge is 2.39. The molecule has 0 aliphatic heterocycles. The zero-order chi connectivity index (χ0) is 27.2. The lowest BCUT2D eigenvalue weighted by Crippen LogP contribution is -2.32. The van der Waals surface area contributed by atoms with E-state index in [4.69, 9.17) is 16.3 Å². The summed E-state index contributed by atoms with van der Waals surface area (Å²) in [6.07, 6.45) is -6.45. The lowest BCUT2D eigenvalue weighted by Gasteiger charge is -2.20. The van der Waals surface area contributed by atoms with Crippen molar-refractivity contribution in [1.82, 2.24) is 14.3 Å². The van der Waals surface area contributed by atoms with Gasteiger partial charge < -0.3 is 15.2 Å². The number of rotatable bonds is 7. The molecule has 1 aliphatic carbocycles. The number of carboxylic acid groups (broad SMARTS) is 1. The SMILES string of the molecule is CC(Oc1cc(-n2nc(C(=O)O)n(C3CC3)c2=O)c(F)cc1C(=O)Nc1c(F)cccc1Cl)C(F)(F)F. The first-order chi connectivity index (χ1) is 17.3. The lowest BCUT2D eigenvalue weighted by molar-refractivity contribution is -0.189. The highest BCUT2D eigenvalue weighted by molar-refractivity contribution is 6.34. The second-order valence-electron chi connectivity index (χ2n) is 8.08. The van der Waals surface area contributed by atoms with Crippen LogP contribution in [0.4, 0.5) is 27.6 Å². The number of benzene rings is 2. The van der Waals surface area contributed by atoms with E-state index in [2.05, 4.69) is 10.4 Å². The number of amides is 1. The molecule has 9 nitrogen and oxygen atoms in total. The normalized spacial score (nSPS) is 14.4. The van der Waals surface area contributed by atoms with Gasteiger partial charge in [-0.15, -0.1) is 5.10 Å². The number of hydrogen-bond donors (Lipinski definition) is 2. The zero-order valence-corrected chi connectivity index (χ0v) is 19.4. The fourth-order valence-corrected chi connectivity index (χ4v) is 3.59. The van der Waals surface area contributed by atoms with E-state index in [1.807, 2.05) is 0 Å². The van der Waals surface area contributed by atoms with Crippen LogP contribution >= 0.6 is 11.6 Å². The minimum Gasteiger partial charge on any atom is -0.480 e. The topological polar surface area (TPSA) is 115 Å². The van der Waals surface area contributed by atoms with Crippen molar-refractivity contribution >= 4 is 29.2 Å². The standard InChI is InChI=1S/C22H16ClF5N4O5/c1-9(22(26,27)28)37-16-8-15(32-21(36)31(10-5-6-10)18(30-32)20(34)35)14(25)7-11(16)19(33)29-17-12(23)3-2-4-13(17)24/h2-4,7-10H,5-6H2,1H3,(H,29,33)(H,34,35). The van der Waals surface area contributed by atoms with Crippen LogP contribution in [0.1, 0.15) is 46.8 Å². The summed E-state index contributed by atoms with van der Waals surface area (Å²) in [7, 11) is 0. The first kappa shape index (κ1) is 26.1. The Morgan fingerprint density at radius 3 is 2.46 bits per heavy atom. The molecule has 1 saturated carbocycles. The maximum Gasteiger partial charge on any atom is 0.425 e. The van der Waals surface area contributed by atoms with Crippen molar-refractivity contribution in [2.45, 2.75) is 38.1 Å². The first-order valence-corrected chi connectivity index (χ1v) is 10.9. The Hall–Kier alpha value is -3.94. The van der Waals surface area contributed by atoms with E-state index in [1.54, 1.807) is 0 Å². The molecule has 2 aromatic carbocycles. The number of ether oxygens (including phenoxy) is 1. The molecule has 0 radical (unpaired) electrons. The fraction of sp³-hybridized carbons (Fsp3) is 0.273. The predicted molar refractivity (Wildman–Crippen MR) is 119 cm³/mol. The summed E-state index contributed by atoms with van der Waals surface area (Å²) in [4.78, 5) is 37.2. The Labute approximate surface area is 209 Å². The molecule has 0 bridgehead atoms. The van der Waals surface area contributed by atoms with Crippen molar-refractivity contribution < 1.29 is 41.4 Å². The molecule has 1 fully saturated rings. The van der Waals surface area contributed by atoms with Gasteiger partial charge in [0.05, 0.1) is 16.3 Å². The van der Waals surface area contributed by atoms with Gasteiger partial charge in [0.15, 0.2) is 6.10 Å². The van der Waals surface area contributed by atoms with E-state index in [-0.39, 0.29) is 5.02 Å². The van der Waals surface area contributed by atoms with Crippen LogP contribution in [-0.2, 0) is 0 Å². The van der Waals surface area contributed by atoms with Gasteiger partial charge in [-0.2, -0.15) is 17.9 Å². The Kier molecular flexibility index (Phi) is 6.71. The maximum atomic E-state index is 15.2. The smallest absolute Gasteiger partial charge is 0.425 e. The summed E-state index contributed by atoms with van der Waals surface area (Å²) in [5.41, 5.74) is -3.12. The number of aromatic carboxylic acids is 1. The van der Waals surface area contributed by atoms with Crippen LogP contribution in [0.15, 0.2) is 35.1 Å². The van der Waals surface area contributed by atoms with Crippen molar-refractivity contribution in [3.8, 4) is 11.4 Å². The summed E-state index contributed by atoms with van der Waals surface area (Å²) >= 11 is 5.87. The summed E-state index contributed by atoms with van der Waals surface area (Å²) in [5.74, 6) is -6.68. The van der Waals surface area contributed by atoms with Crippen molar-refractivity contribution in [3.63, 3.8) is 0 Å². The van der Waals surface area contributed by atoms with Gasteiger partial charge in [0.1, 0.15) is 23.1 Å². The number of carbonyl (C=O) groups excluding carboxylic acids is 1. The van der Waals surface area contributed by atoms with E-state index in [9.17, 15) is 37.1 Å². The number of aromatic nitrogens is 3. The van der Waals surface area contributed by atoms with Gasteiger partial charge in [0.2, 0.25) is 5.82 Å². The third kappa shape index (κ3) is 5.14. The molecular formula is C22H16ClF5N4O5. The lowest BCUT2D eigenvalue weighted by atomic mass is 10.1.